The number of rotatable bonds is 8. The third-order valence-corrected chi connectivity index (χ3v) is 3.54. The maximum atomic E-state index is 11.5. The maximum absolute atomic E-state index is 11.5. The molecule has 0 bridgehead atoms. The van der Waals surface area contributed by atoms with Crippen molar-refractivity contribution in [2.75, 3.05) is 13.1 Å². The molecule has 104 valence electrons. The first-order chi connectivity index (χ1) is 9.31. The molecule has 2 rings (SSSR count). The predicted octanol–water partition coefficient (Wildman–Crippen LogP) is 2.64. The van der Waals surface area contributed by atoms with E-state index in [0.717, 1.165) is 38.8 Å². The molecule has 0 spiro atoms. The Balaban J connectivity index is 1.72. The normalized spacial score (nSPS) is 16.1. The molecule has 3 nitrogen and oxygen atoms in total. The van der Waals surface area contributed by atoms with Gasteiger partial charge in [0.15, 0.2) is 0 Å². The summed E-state index contributed by atoms with van der Waals surface area (Å²) in [7, 11) is 0. The highest BCUT2D eigenvalue weighted by atomic mass is 16.2. The molecule has 2 N–H and O–H groups in total. The summed E-state index contributed by atoms with van der Waals surface area (Å²) in [5, 5.41) is 6.53. The summed E-state index contributed by atoms with van der Waals surface area (Å²) < 4.78 is 0. The van der Waals surface area contributed by atoms with Crippen molar-refractivity contribution in [3.63, 3.8) is 0 Å². The van der Waals surface area contributed by atoms with Crippen LogP contribution >= 0.6 is 0 Å². The zero-order chi connectivity index (χ0) is 13.5. The lowest BCUT2D eigenvalue weighted by Gasteiger charge is -2.18. The fraction of sp³-hybridized carbons (Fsp3) is 0.562. The van der Waals surface area contributed by atoms with Gasteiger partial charge in [0, 0.05) is 25.0 Å². The number of hydrogen-bond donors (Lipinski definition) is 2. The Bertz CT molecular complexity index is 387. The van der Waals surface area contributed by atoms with Crippen LogP contribution in [0.4, 0.5) is 0 Å². The van der Waals surface area contributed by atoms with Crippen LogP contribution in [0.15, 0.2) is 30.3 Å². The van der Waals surface area contributed by atoms with Crippen LogP contribution in [0.5, 0.6) is 0 Å². The minimum absolute atomic E-state index is 0.230. The van der Waals surface area contributed by atoms with Crippen molar-refractivity contribution in [1.29, 1.82) is 0 Å². The van der Waals surface area contributed by atoms with Crippen LogP contribution in [0.3, 0.4) is 0 Å². The van der Waals surface area contributed by atoms with Crippen molar-refractivity contribution in [3.05, 3.63) is 35.9 Å². The number of nitrogens with one attached hydrogen (secondary N) is 2. The summed E-state index contributed by atoms with van der Waals surface area (Å²) in [6, 6.07) is 10.9. The molecular formula is C16H24N2O. The van der Waals surface area contributed by atoms with E-state index in [0.29, 0.717) is 12.0 Å². The molecular weight excluding hydrogens is 236 g/mol. The summed E-state index contributed by atoms with van der Waals surface area (Å²) >= 11 is 0. The Morgan fingerprint density at radius 2 is 2.00 bits per heavy atom. The molecule has 1 amide bonds. The lowest BCUT2D eigenvalue weighted by atomic mass is 10.0. The SMILES string of the molecule is CCCC(NCCNC(=O)C1CC1)c1ccccc1. The molecule has 1 fully saturated rings. The highest BCUT2D eigenvalue weighted by Crippen LogP contribution is 2.28. The van der Waals surface area contributed by atoms with E-state index in [1.165, 1.54) is 5.56 Å². The van der Waals surface area contributed by atoms with E-state index < -0.39 is 0 Å². The van der Waals surface area contributed by atoms with Gasteiger partial charge in [0.25, 0.3) is 0 Å². The predicted molar refractivity (Wildman–Crippen MR) is 77.8 cm³/mol. The van der Waals surface area contributed by atoms with Gasteiger partial charge in [-0.15, -0.1) is 0 Å². The maximum Gasteiger partial charge on any atom is 0.223 e. The van der Waals surface area contributed by atoms with Gasteiger partial charge in [0.1, 0.15) is 0 Å². The molecule has 1 saturated carbocycles. The smallest absolute Gasteiger partial charge is 0.223 e. The van der Waals surface area contributed by atoms with Crippen LogP contribution in [0, 0.1) is 5.92 Å². The second-order valence-corrected chi connectivity index (χ2v) is 5.27. The molecule has 3 heteroatoms. The minimum atomic E-state index is 0.230. The molecule has 1 aliphatic rings. The summed E-state index contributed by atoms with van der Waals surface area (Å²) in [6.45, 7) is 3.76. The largest absolute Gasteiger partial charge is 0.355 e. The zero-order valence-electron chi connectivity index (χ0n) is 11.7. The van der Waals surface area contributed by atoms with Crippen molar-refractivity contribution in [3.8, 4) is 0 Å². The lowest BCUT2D eigenvalue weighted by Crippen LogP contribution is -2.34. The van der Waals surface area contributed by atoms with Crippen LogP contribution in [-0.4, -0.2) is 19.0 Å². The van der Waals surface area contributed by atoms with E-state index in [9.17, 15) is 4.79 Å². The average Bonchev–Trinajstić information content (AvgIpc) is 3.27. The standard InChI is InChI=1S/C16H24N2O/c1-2-6-15(13-7-4-3-5-8-13)17-11-12-18-16(19)14-9-10-14/h3-5,7-8,14-15,17H,2,6,9-12H2,1H3,(H,18,19). The fourth-order valence-electron chi connectivity index (χ4n) is 2.28. The van der Waals surface area contributed by atoms with Gasteiger partial charge in [-0.3, -0.25) is 4.79 Å². The summed E-state index contributed by atoms with van der Waals surface area (Å²) in [5.41, 5.74) is 1.33. The van der Waals surface area contributed by atoms with E-state index in [1.807, 2.05) is 6.07 Å². The van der Waals surface area contributed by atoms with Crippen molar-refractivity contribution >= 4 is 5.91 Å². The van der Waals surface area contributed by atoms with Gasteiger partial charge in [0.2, 0.25) is 5.91 Å². The van der Waals surface area contributed by atoms with Gasteiger partial charge in [-0.1, -0.05) is 43.7 Å². The van der Waals surface area contributed by atoms with Gasteiger partial charge in [-0.05, 0) is 24.8 Å². The number of amides is 1. The summed E-state index contributed by atoms with van der Waals surface area (Å²) in [4.78, 5) is 11.5. The van der Waals surface area contributed by atoms with Crippen LogP contribution in [0.25, 0.3) is 0 Å². The second-order valence-electron chi connectivity index (χ2n) is 5.27. The zero-order valence-corrected chi connectivity index (χ0v) is 11.7. The molecule has 0 aromatic heterocycles. The third-order valence-electron chi connectivity index (χ3n) is 3.54. The van der Waals surface area contributed by atoms with E-state index >= 15 is 0 Å². The molecule has 0 aliphatic heterocycles. The van der Waals surface area contributed by atoms with Gasteiger partial charge in [-0.2, -0.15) is 0 Å². The van der Waals surface area contributed by atoms with E-state index in [2.05, 4.69) is 41.8 Å². The second kappa shape index (κ2) is 7.29. The highest BCUT2D eigenvalue weighted by molar-refractivity contribution is 5.80. The molecule has 1 aromatic carbocycles. The molecule has 1 aromatic rings. The van der Waals surface area contributed by atoms with E-state index in [4.69, 9.17) is 0 Å². The highest BCUT2D eigenvalue weighted by Gasteiger charge is 2.28. The van der Waals surface area contributed by atoms with Crippen LogP contribution in [0.1, 0.15) is 44.2 Å². The lowest BCUT2D eigenvalue weighted by molar-refractivity contribution is -0.122. The van der Waals surface area contributed by atoms with E-state index in [-0.39, 0.29) is 5.91 Å². The molecule has 1 unspecified atom stereocenters. The first-order valence-corrected chi connectivity index (χ1v) is 7.37. The topological polar surface area (TPSA) is 41.1 Å². The fourth-order valence-corrected chi connectivity index (χ4v) is 2.28. The van der Waals surface area contributed by atoms with Gasteiger partial charge in [0.05, 0.1) is 0 Å². The van der Waals surface area contributed by atoms with Crippen molar-refractivity contribution in [1.82, 2.24) is 10.6 Å². The molecule has 19 heavy (non-hydrogen) atoms. The average molecular weight is 260 g/mol. The van der Waals surface area contributed by atoms with Crippen molar-refractivity contribution in [2.45, 2.75) is 38.6 Å². The summed E-state index contributed by atoms with van der Waals surface area (Å²) in [5.74, 6) is 0.536. The van der Waals surface area contributed by atoms with Crippen LogP contribution in [-0.2, 0) is 4.79 Å². The van der Waals surface area contributed by atoms with Crippen LogP contribution < -0.4 is 10.6 Å². The molecule has 0 heterocycles. The third kappa shape index (κ3) is 4.67. The minimum Gasteiger partial charge on any atom is -0.355 e. The van der Waals surface area contributed by atoms with Gasteiger partial charge in [-0.25, -0.2) is 0 Å². The Morgan fingerprint density at radius 3 is 2.63 bits per heavy atom. The van der Waals surface area contributed by atoms with Gasteiger partial charge >= 0.3 is 0 Å². The quantitative estimate of drug-likeness (QED) is 0.706. The Hall–Kier alpha value is -1.35. The Morgan fingerprint density at radius 1 is 1.26 bits per heavy atom. The number of benzene rings is 1. The first-order valence-electron chi connectivity index (χ1n) is 7.37. The van der Waals surface area contributed by atoms with Gasteiger partial charge < -0.3 is 10.6 Å². The Kier molecular flexibility index (Phi) is 5.40. The van der Waals surface area contributed by atoms with Crippen LogP contribution in [0.2, 0.25) is 0 Å². The molecule has 0 saturated heterocycles. The van der Waals surface area contributed by atoms with E-state index in [1.54, 1.807) is 0 Å². The Labute approximate surface area is 115 Å². The molecule has 1 aliphatic carbocycles. The molecule has 0 radical (unpaired) electrons. The number of carbonyl (C=O) groups is 1. The van der Waals surface area contributed by atoms with Crippen molar-refractivity contribution < 1.29 is 4.79 Å². The first kappa shape index (κ1) is 14.1. The monoisotopic (exact) mass is 260 g/mol. The number of carbonyl (C=O) groups excluding carboxylic acids is 1. The van der Waals surface area contributed by atoms with Crippen molar-refractivity contribution in [2.24, 2.45) is 5.92 Å². The summed E-state index contributed by atoms with van der Waals surface area (Å²) in [6.07, 6.45) is 4.42. The number of hydrogen-bond acceptors (Lipinski definition) is 2. The molecule has 1 atom stereocenters.